The zero-order valence-electron chi connectivity index (χ0n) is 25.0. The van der Waals surface area contributed by atoms with Crippen molar-refractivity contribution >= 4 is 0 Å². The first-order chi connectivity index (χ1) is 16.3. The van der Waals surface area contributed by atoms with Gasteiger partial charge in [-0.2, -0.15) is 0 Å². The molecule has 0 aliphatic rings. The predicted octanol–water partition coefficient (Wildman–Crippen LogP) is 9.95. The van der Waals surface area contributed by atoms with Gasteiger partial charge < -0.3 is 14.2 Å². The Bertz CT molecular complexity index is 626. The molecule has 0 radical (unpaired) electrons. The van der Waals surface area contributed by atoms with Crippen molar-refractivity contribution in [2.24, 2.45) is 11.8 Å². The molecule has 35 heavy (non-hydrogen) atoms. The molecule has 3 nitrogen and oxygen atoms in total. The summed E-state index contributed by atoms with van der Waals surface area (Å²) in [6, 6.07) is 0. The molecule has 0 aliphatic heterocycles. The Morgan fingerprint density at radius 3 is 1.46 bits per heavy atom. The van der Waals surface area contributed by atoms with Crippen LogP contribution < -0.4 is 0 Å². The molecule has 0 saturated carbocycles. The second-order valence-corrected chi connectivity index (χ2v) is 11.5. The Morgan fingerprint density at radius 2 is 1.09 bits per heavy atom. The molecule has 0 saturated heterocycles. The first-order valence-corrected chi connectivity index (χ1v) is 13.8. The molecule has 3 atom stereocenters. The predicted molar refractivity (Wildman–Crippen MR) is 154 cm³/mol. The van der Waals surface area contributed by atoms with Gasteiger partial charge in [0.1, 0.15) is 0 Å². The molecule has 0 spiro atoms. The standard InChI is InChI=1S/C32H58O3/c1-12-31(10,23-15-18-28(6)7)35-32(11,33-24-21-29(8)19-13-16-26(2)3)34-25-22-30(9)20-14-17-27(4)5/h12,16-18,29-30H,1,13-15,19-25H2,2-11H3. The first kappa shape index (κ1) is 33.8. The number of rotatable bonds is 20. The molecule has 204 valence electrons. The molecule has 0 amide bonds. The SMILES string of the molecule is C=CC(C)(CCC=C(C)C)OC(C)(OCCC(C)CCC=C(C)C)OCCC(C)CCC=C(C)C. The van der Waals surface area contributed by atoms with Gasteiger partial charge in [0.15, 0.2) is 0 Å². The van der Waals surface area contributed by atoms with Crippen molar-refractivity contribution in [1.29, 1.82) is 0 Å². The third-order valence-corrected chi connectivity index (χ3v) is 6.42. The van der Waals surface area contributed by atoms with Crippen molar-refractivity contribution in [2.75, 3.05) is 13.2 Å². The number of allylic oxidation sites excluding steroid dienone is 6. The van der Waals surface area contributed by atoms with Crippen LogP contribution in [0.1, 0.15) is 121 Å². The van der Waals surface area contributed by atoms with Crippen LogP contribution in [0.25, 0.3) is 0 Å². The lowest BCUT2D eigenvalue weighted by Crippen LogP contribution is -2.44. The molecule has 0 fully saturated rings. The fourth-order valence-corrected chi connectivity index (χ4v) is 3.86. The van der Waals surface area contributed by atoms with E-state index in [1.165, 1.54) is 29.6 Å². The van der Waals surface area contributed by atoms with Crippen LogP contribution in [-0.4, -0.2) is 24.8 Å². The van der Waals surface area contributed by atoms with Crippen LogP contribution in [0.2, 0.25) is 0 Å². The zero-order chi connectivity index (χ0) is 26.9. The highest BCUT2D eigenvalue weighted by Gasteiger charge is 2.36. The molecular weight excluding hydrogens is 432 g/mol. The van der Waals surface area contributed by atoms with E-state index in [1.807, 2.05) is 13.0 Å². The lowest BCUT2D eigenvalue weighted by molar-refractivity contribution is -0.395. The summed E-state index contributed by atoms with van der Waals surface area (Å²) >= 11 is 0. The fourth-order valence-electron chi connectivity index (χ4n) is 3.86. The minimum atomic E-state index is -1.09. The van der Waals surface area contributed by atoms with Gasteiger partial charge in [0.25, 0.3) is 5.97 Å². The molecule has 3 unspecified atom stereocenters. The fraction of sp³-hybridized carbons (Fsp3) is 0.750. The highest BCUT2D eigenvalue weighted by atomic mass is 16.9. The molecule has 0 heterocycles. The molecule has 3 heteroatoms. The molecule has 0 aromatic rings. The van der Waals surface area contributed by atoms with Gasteiger partial charge in [-0.3, -0.25) is 0 Å². The summed E-state index contributed by atoms with van der Waals surface area (Å²) in [7, 11) is 0. The minimum Gasteiger partial charge on any atom is -0.328 e. The topological polar surface area (TPSA) is 27.7 Å². The maximum Gasteiger partial charge on any atom is 0.280 e. The summed E-state index contributed by atoms with van der Waals surface area (Å²) in [6.07, 6.45) is 17.1. The van der Waals surface area contributed by atoms with Crippen LogP contribution in [0.3, 0.4) is 0 Å². The van der Waals surface area contributed by atoms with Crippen molar-refractivity contribution in [1.82, 2.24) is 0 Å². The Balaban J connectivity index is 5.07. The maximum atomic E-state index is 6.53. The van der Waals surface area contributed by atoms with Gasteiger partial charge in [-0.05, 0) is 112 Å². The summed E-state index contributed by atoms with van der Waals surface area (Å²) < 4.78 is 19.2. The summed E-state index contributed by atoms with van der Waals surface area (Å²) in [5.74, 6) is 0.0921. The van der Waals surface area contributed by atoms with E-state index >= 15 is 0 Å². The van der Waals surface area contributed by atoms with E-state index in [2.05, 4.69) is 87.1 Å². The van der Waals surface area contributed by atoms with E-state index in [1.54, 1.807) is 0 Å². The number of hydrogen-bond donors (Lipinski definition) is 0. The Kier molecular flexibility index (Phi) is 17.5. The average Bonchev–Trinajstić information content (AvgIpc) is 2.72. The number of ether oxygens (including phenoxy) is 3. The van der Waals surface area contributed by atoms with E-state index in [0.717, 1.165) is 38.5 Å². The van der Waals surface area contributed by atoms with Crippen molar-refractivity contribution in [3.05, 3.63) is 47.6 Å². The largest absolute Gasteiger partial charge is 0.328 e. The molecular formula is C32H58O3. The van der Waals surface area contributed by atoms with E-state index in [4.69, 9.17) is 14.2 Å². The highest BCUT2D eigenvalue weighted by molar-refractivity contribution is 4.99. The first-order valence-electron chi connectivity index (χ1n) is 13.8. The molecule has 0 N–H and O–H groups in total. The smallest absolute Gasteiger partial charge is 0.280 e. The Labute approximate surface area is 219 Å². The second kappa shape index (κ2) is 18.1. The lowest BCUT2D eigenvalue weighted by Gasteiger charge is -2.38. The molecule has 0 rings (SSSR count). The highest BCUT2D eigenvalue weighted by Crippen LogP contribution is 2.30. The van der Waals surface area contributed by atoms with Crippen LogP contribution in [0.4, 0.5) is 0 Å². The summed E-state index contributed by atoms with van der Waals surface area (Å²) in [4.78, 5) is 0. The van der Waals surface area contributed by atoms with Crippen LogP contribution in [0.5, 0.6) is 0 Å². The quantitative estimate of drug-likeness (QED) is 0.125. The lowest BCUT2D eigenvalue weighted by atomic mass is 9.99. The van der Waals surface area contributed by atoms with Crippen molar-refractivity contribution in [2.45, 2.75) is 132 Å². The number of hydrogen-bond acceptors (Lipinski definition) is 3. The van der Waals surface area contributed by atoms with E-state index in [0.29, 0.717) is 25.0 Å². The average molecular weight is 491 g/mol. The van der Waals surface area contributed by atoms with Crippen molar-refractivity contribution in [3.63, 3.8) is 0 Å². The van der Waals surface area contributed by atoms with Gasteiger partial charge in [0.05, 0.1) is 18.8 Å². The monoisotopic (exact) mass is 490 g/mol. The zero-order valence-corrected chi connectivity index (χ0v) is 25.0. The maximum absolute atomic E-state index is 6.53. The Morgan fingerprint density at radius 1 is 0.686 bits per heavy atom. The third-order valence-electron chi connectivity index (χ3n) is 6.42. The van der Waals surface area contributed by atoms with Crippen LogP contribution in [0.15, 0.2) is 47.6 Å². The molecule has 0 bridgehead atoms. The van der Waals surface area contributed by atoms with Crippen LogP contribution >= 0.6 is 0 Å². The molecule has 0 aliphatic carbocycles. The summed E-state index contributed by atoms with van der Waals surface area (Å²) in [5, 5.41) is 0. The summed E-state index contributed by atoms with van der Waals surface area (Å²) in [5.41, 5.74) is 3.56. The Hall–Kier alpha value is -1.16. The van der Waals surface area contributed by atoms with E-state index < -0.39 is 11.6 Å². The van der Waals surface area contributed by atoms with Crippen molar-refractivity contribution in [3.8, 4) is 0 Å². The normalized spacial score (nSPS) is 16.4. The van der Waals surface area contributed by atoms with Gasteiger partial charge in [-0.15, -0.1) is 6.58 Å². The van der Waals surface area contributed by atoms with Crippen LogP contribution in [0, 0.1) is 11.8 Å². The summed E-state index contributed by atoms with van der Waals surface area (Å²) in [6.45, 7) is 26.8. The minimum absolute atomic E-state index is 0.523. The third kappa shape index (κ3) is 18.7. The van der Waals surface area contributed by atoms with Gasteiger partial charge in [-0.25, -0.2) is 0 Å². The second-order valence-electron chi connectivity index (χ2n) is 11.5. The van der Waals surface area contributed by atoms with Gasteiger partial charge in [0, 0.05) is 6.92 Å². The molecule has 0 aromatic carbocycles. The van der Waals surface area contributed by atoms with E-state index in [9.17, 15) is 0 Å². The van der Waals surface area contributed by atoms with Crippen molar-refractivity contribution < 1.29 is 14.2 Å². The van der Waals surface area contributed by atoms with Gasteiger partial charge >= 0.3 is 0 Å². The van der Waals surface area contributed by atoms with Gasteiger partial charge in [-0.1, -0.05) is 54.9 Å². The van der Waals surface area contributed by atoms with Gasteiger partial charge in [0.2, 0.25) is 0 Å². The molecule has 0 aromatic heterocycles. The van der Waals surface area contributed by atoms with Crippen LogP contribution in [-0.2, 0) is 14.2 Å². The van der Waals surface area contributed by atoms with E-state index in [-0.39, 0.29) is 0 Å².